The molecule has 2 rings (SSSR count). The maximum atomic E-state index is 11.9. The summed E-state index contributed by atoms with van der Waals surface area (Å²) in [5.74, 6) is -0.839. The Labute approximate surface area is 122 Å². The van der Waals surface area contributed by atoms with Crippen LogP contribution in [0.15, 0.2) is 18.2 Å². The second-order valence-corrected chi connectivity index (χ2v) is 5.50. The minimum absolute atomic E-state index is 0.225. The first-order chi connectivity index (χ1) is 9.56. The van der Waals surface area contributed by atoms with Crippen LogP contribution in [-0.2, 0) is 4.79 Å². The quantitative estimate of drug-likeness (QED) is 0.836. The van der Waals surface area contributed by atoms with Gasteiger partial charge in [0.25, 0.3) is 5.91 Å². The summed E-state index contributed by atoms with van der Waals surface area (Å²) in [4.78, 5) is 26.7. The van der Waals surface area contributed by atoms with Crippen LogP contribution in [0.1, 0.15) is 36.2 Å². The first-order valence-electron chi connectivity index (χ1n) is 6.70. The van der Waals surface area contributed by atoms with Gasteiger partial charge in [0.1, 0.15) is 10.8 Å². The summed E-state index contributed by atoms with van der Waals surface area (Å²) in [7, 11) is 0. The number of aliphatic carboxylic acids is 1. The van der Waals surface area contributed by atoms with E-state index in [4.69, 9.17) is 16.7 Å². The average molecular weight is 297 g/mol. The van der Waals surface area contributed by atoms with Gasteiger partial charge in [-0.15, -0.1) is 0 Å². The molecule has 0 radical (unpaired) electrons. The normalized spacial score (nSPS) is 22.2. The highest BCUT2D eigenvalue weighted by atomic mass is 35.5. The van der Waals surface area contributed by atoms with E-state index in [0.717, 1.165) is 12.8 Å². The number of nitrogens with zero attached hydrogens (tertiary/aromatic N) is 1. The van der Waals surface area contributed by atoms with E-state index < -0.39 is 5.97 Å². The van der Waals surface area contributed by atoms with Crippen molar-refractivity contribution in [2.45, 2.75) is 25.7 Å². The van der Waals surface area contributed by atoms with E-state index in [1.165, 1.54) is 0 Å². The summed E-state index contributed by atoms with van der Waals surface area (Å²) in [6.45, 7) is 0.555. The first-order valence-corrected chi connectivity index (χ1v) is 7.07. The van der Waals surface area contributed by atoms with Gasteiger partial charge in [0, 0.05) is 6.54 Å². The zero-order valence-electron chi connectivity index (χ0n) is 11.0. The summed E-state index contributed by atoms with van der Waals surface area (Å²) in [5.41, 5.74) is 0.303. The summed E-state index contributed by atoms with van der Waals surface area (Å²) in [6, 6.07) is 4.91. The lowest BCUT2D eigenvalue weighted by Crippen LogP contribution is -2.32. The molecule has 0 aromatic carbocycles. The van der Waals surface area contributed by atoms with Crippen molar-refractivity contribution in [1.82, 2.24) is 10.3 Å². The monoisotopic (exact) mass is 296 g/mol. The summed E-state index contributed by atoms with van der Waals surface area (Å²) in [5, 5.41) is 12.1. The highest BCUT2D eigenvalue weighted by molar-refractivity contribution is 6.29. The van der Waals surface area contributed by atoms with Crippen molar-refractivity contribution in [3.8, 4) is 0 Å². The highest BCUT2D eigenvalue weighted by Gasteiger charge is 2.26. The van der Waals surface area contributed by atoms with Crippen molar-refractivity contribution in [1.29, 1.82) is 0 Å². The number of carbonyl (C=O) groups excluding carboxylic acids is 1. The minimum atomic E-state index is -0.712. The van der Waals surface area contributed by atoms with Crippen LogP contribution in [0.4, 0.5) is 0 Å². The second kappa shape index (κ2) is 6.70. The predicted octanol–water partition coefficient (Wildman–Crippen LogP) is 2.36. The smallest absolute Gasteiger partial charge is 0.306 e. The molecule has 1 aromatic rings. The Hall–Kier alpha value is -1.62. The Balaban J connectivity index is 1.79. The van der Waals surface area contributed by atoms with E-state index in [0.29, 0.717) is 36.2 Å². The van der Waals surface area contributed by atoms with E-state index in [2.05, 4.69) is 10.3 Å². The SMILES string of the molecule is O=C(NCC1CCC(C(=O)O)CC1)c1cccc(Cl)n1. The number of hydrogen-bond donors (Lipinski definition) is 2. The molecule has 1 aliphatic rings. The van der Waals surface area contributed by atoms with Crippen LogP contribution < -0.4 is 5.32 Å². The lowest BCUT2D eigenvalue weighted by Gasteiger charge is -2.26. The minimum Gasteiger partial charge on any atom is -0.481 e. The fraction of sp³-hybridized carbons (Fsp3) is 0.500. The Morgan fingerprint density at radius 1 is 1.30 bits per heavy atom. The first kappa shape index (κ1) is 14.8. The van der Waals surface area contributed by atoms with Crippen LogP contribution in [0.2, 0.25) is 5.15 Å². The van der Waals surface area contributed by atoms with E-state index >= 15 is 0 Å². The molecular formula is C14H17ClN2O3. The van der Waals surface area contributed by atoms with Crippen LogP contribution in [0, 0.1) is 11.8 Å². The lowest BCUT2D eigenvalue weighted by atomic mass is 9.82. The molecule has 0 spiro atoms. The molecule has 0 bridgehead atoms. The van der Waals surface area contributed by atoms with Gasteiger partial charge in [0.2, 0.25) is 0 Å². The van der Waals surface area contributed by atoms with Crippen molar-refractivity contribution in [2.75, 3.05) is 6.54 Å². The Bertz CT molecular complexity index is 499. The van der Waals surface area contributed by atoms with Crippen molar-refractivity contribution in [2.24, 2.45) is 11.8 Å². The van der Waals surface area contributed by atoms with E-state index in [1.54, 1.807) is 18.2 Å². The van der Waals surface area contributed by atoms with Crippen LogP contribution in [-0.4, -0.2) is 28.5 Å². The number of pyridine rings is 1. The Morgan fingerprint density at radius 2 is 2.00 bits per heavy atom. The van der Waals surface area contributed by atoms with E-state index in [-0.39, 0.29) is 11.8 Å². The van der Waals surface area contributed by atoms with Crippen LogP contribution in [0.3, 0.4) is 0 Å². The molecule has 108 valence electrons. The molecule has 20 heavy (non-hydrogen) atoms. The lowest BCUT2D eigenvalue weighted by molar-refractivity contribution is -0.143. The molecule has 0 aliphatic heterocycles. The molecule has 1 saturated carbocycles. The molecule has 2 N–H and O–H groups in total. The van der Waals surface area contributed by atoms with Gasteiger partial charge in [-0.25, -0.2) is 4.98 Å². The standard InChI is InChI=1S/C14H17ClN2O3/c15-12-3-1-2-11(17-12)13(18)16-8-9-4-6-10(7-5-9)14(19)20/h1-3,9-10H,4-8H2,(H,16,18)(H,19,20). The molecule has 0 saturated heterocycles. The number of halogens is 1. The fourth-order valence-corrected chi connectivity index (χ4v) is 2.64. The zero-order valence-corrected chi connectivity index (χ0v) is 11.8. The number of hydrogen-bond acceptors (Lipinski definition) is 3. The Morgan fingerprint density at radius 3 is 2.60 bits per heavy atom. The molecule has 0 atom stereocenters. The van der Waals surface area contributed by atoms with Crippen molar-refractivity contribution in [3.05, 3.63) is 29.0 Å². The Kier molecular flexibility index (Phi) is 4.95. The van der Waals surface area contributed by atoms with Crippen molar-refractivity contribution < 1.29 is 14.7 Å². The third kappa shape index (κ3) is 3.93. The van der Waals surface area contributed by atoms with Gasteiger partial charge in [-0.3, -0.25) is 9.59 Å². The topological polar surface area (TPSA) is 79.3 Å². The summed E-state index contributed by atoms with van der Waals surface area (Å²) >= 11 is 5.74. The maximum absolute atomic E-state index is 11.9. The number of amides is 1. The number of rotatable bonds is 4. The van der Waals surface area contributed by atoms with E-state index in [1.807, 2.05) is 0 Å². The molecule has 1 amide bonds. The molecule has 1 aromatic heterocycles. The number of nitrogens with one attached hydrogen (secondary N) is 1. The number of carbonyl (C=O) groups is 2. The third-order valence-corrected chi connectivity index (χ3v) is 3.91. The molecular weight excluding hydrogens is 280 g/mol. The van der Waals surface area contributed by atoms with Crippen LogP contribution in [0.25, 0.3) is 0 Å². The largest absolute Gasteiger partial charge is 0.481 e. The fourth-order valence-electron chi connectivity index (χ4n) is 2.48. The maximum Gasteiger partial charge on any atom is 0.306 e. The summed E-state index contributed by atoms with van der Waals surface area (Å²) in [6.07, 6.45) is 3.04. The third-order valence-electron chi connectivity index (χ3n) is 3.70. The molecule has 1 aliphatic carbocycles. The van der Waals surface area contributed by atoms with Gasteiger partial charge < -0.3 is 10.4 Å². The van der Waals surface area contributed by atoms with Gasteiger partial charge >= 0.3 is 5.97 Å². The second-order valence-electron chi connectivity index (χ2n) is 5.11. The van der Waals surface area contributed by atoms with Crippen LogP contribution >= 0.6 is 11.6 Å². The van der Waals surface area contributed by atoms with Crippen molar-refractivity contribution in [3.63, 3.8) is 0 Å². The van der Waals surface area contributed by atoms with Gasteiger partial charge in [0.05, 0.1) is 5.92 Å². The number of carboxylic acid groups (broad SMARTS) is 1. The molecule has 1 fully saturated rings. The van der Waals surface area contributed by atoms with Gasteiger partial charge in [-0.1, -0.05) is 17.7 Å². The van der Waals surface area contributed by atoms with Crippen molar-refractivity contribution >= 4 is 23.5 Å². The number of carboxylic acids is 1. The molecule has 1 heterocycles. The molecule has 6 heteroatoms. The van der Waals surface area contributed by atoms with Gasteiger partial charge in [-0.2, -0.15) is 0 Å². The van der Waals surface area contributed by atoms with Crippen LogP contribution in [0.5, 0.6) is 0 Å². The van der Waals surface area contributed by atoms with Gasteiger partial charge in [-0.05, 0) is 43.7 Å². The van der Waals surface area contributed by atoms with Gasteiger partial charge in [0.15, 0.2) is 0 Å². The average Bonchev–Trinajstić information content (AvgIpc) is 2.45. The van der Waals surface area contributed by atoms with E-state index in [9.17, 15) is 9.59 Å². The predicted molar refractivity (Wildman–Crippen MR) is 74.7 cm³/mol. The number of aromatic nitrogens is 1. The zero-order chi connectivity index (χ0) is 14.5. The highest BCUT2D eigenvalue weighted by Crippen LogP contribution is 2.28. The summed E-state index contributed by atoms with van der Waals surface area (Å²) < 4.78 is 0. The molecule has 5 nitrogen and oxygen atoms in total. The molecule has 0 unspecified atom stereocenters.